The first-order valence-electron chi connectivity index (χ1n) is 1.74. The molecule has 0 aromatic rings. The van der Waals surface area contributed by atoms with E-state index in [1.807, 2.05) is 0 Å². The molecule has 0 atom stereocenters. The van der Waals surface area contributed by atoms with Crippen LogP contribution >= 0.6 is 23.2 Å². The van der Waals surface area contributed by atoms with Crippen LogP contribution in [0.3, 0.4) is 0 Å². The molecule has 1 nitrogen and oxygen atoms in total. The lowest BCUT2D eigenvalue weighted by atomic mass is 11.8. The summed E-state index contributed by atoms with van der Waals surface area (Å²) in [5.74, 6) is 0. The summed E-state index contributed by atoms with van der Waals surface area (Å²) < 4.78 is 2.84. The van der Waals surface area contributed by atoms with Crippen molar-refractivity contribution in [1.29, 1.82) is 0 Å². The van der Waals surface area contributed by atoms with Crippen molar-refractivity contribution in [3.8, 4) is 0 Å². The third-order valence-electron chi connectivity index (χ3n) is 0.499. The first-order chi connectivity index (χ1) is 3.35. The number of hydrogen-bond donors (Lipinski definition) is 1. The van der Waals surface area contributed by atoms with E-state index in [4.69, 9.17) is 23.2 Å². The van der Waals surface area contributed by atoms with Gasteiger partial charge in [-0.25, -0.2) is 0 Å². The first-order valence-corrected chi connectivity index (χ1v) is 5.22. The Balaban J connectivity index is 2.99. The van der Waals surface area contributed by atoms with Crippen LogP contribution in [0.15, 0.2) is 0 Å². The molecule has 0 unspecified atom stereocenters. The van der Waals surface area contributed by atoms with Gasteiger partial charge >= 0.3 is 0 Å². The van der Waals surface area contributed by atoms with Gasteiger partial charge in [-0.05, 0) is 0 Å². The number of hydrogen-bond acceptors (Lipinski definition) is 1. The van der Waals surface area contributed by atoms with Gasteiger partial charge in [0, 0.05) is 11.0 Å². The zero-order valence-electron chi connectivity index (χ0n) is 3.67. The fourth-order valence-electron chi connectivity index (χ4n) is 0.103. The van der Waals surface area contributed by atoms with Crippen LogP contribution in [0.2, 0.25) is 0 Å². The van der Waals surface area contributed by atoms with Gasteiger partial charge in [0.05, 0.1) is 0 Å². The van der Waals surface area contributed by atoms with Gasteiger partial charge in [0.1, 0.15) is 10.4 Å². The van der Waals surface area contributed by atoms with Gasteiger partial charge in [-0.2, -0.15) is 0 Å². The molecule has 0 aliphatic heterocycles. The molecule has 0 bridgehead atoms. The molecule has 0 amide bonds. The lowest BCUT2D eigenvalue weighted by molar-refractivity contribution is 1.50. The van der Waals surface area contributed by atoms with Crippen LogP contribution in [-0.2, 0) is 0 Å². The van der Waals surface area contributed by atoms with Gasteiger partial charge < -0.3 is 4.65 Å². The molecule has 0 fully saturated rings. The summed E-state index contributed by atoms with van der Waals surface area (Å²) in [5.41, 5.74) is 1.27. The first kappa shape index (κ1) is 7.97. The second-order valence-electron chi connectivity index (χ2n) is 0.996. The van der Waals surface area contributed by atoms with Gasteiger partial charge in [0.2, 0.25) is 0 Å². The van der Waals surface area contributed by atoms with Gasteiger partial charge in [0.15, 0.2) is 8.96 Å². The quantitative estimate of drug-likeness (QED) is 0.471. The Hall–Kier alpha value is 0.974. The van der Waals surface area contributed by atoms with Crippen LogP contribution < -0.4 is 4.65 Å². The van der Waals surface area contributed by atoms with E-state index in [0.717, 1.165) is 0 Å². The summed E-state index contributed by atoms with van der Waals surface area (Å²) in [7, 11) is 2.44. The molecule has 0 rings (SSSR count). The van der Waals surface area contributed by atoms with Crippen LogP contribution in [-0.4, -0.2) is 30.4 Å². The van der Waals surface area contributed by atoms with E-state index >= 15 is 0 Å². The standard InChI is InChI=1S/C2H5Cl2NSi2/c3-1-7(2-4)5-6/h5H,1-2H2. The summed E-state index contributed by atoms with van der Waals surface area (Å²) in [6.45, 7) is 0. The Morgan fingerprint density at radius 3 is 1.86 bits per heavy atom. The van der Waals surface area contributed by atoms with E-state index in [1.165, 1.54) is 0 Å². The van der Waals surface area contributed by atoms with Crippen molar-refractivity contribution in [2.24, 2.45) is 0 Å². The maximum Gasteiger partial charge on any atom is 0.157 e. The minimum Gasteiger partial charge on any atom is -0.362 e. The van der Waals surface area contributed by atoms with Crippen molar-refractivity contribution in [3.63, 3.8) is 0 Å². The van der Waals surface area contributed by atoms with Gasteiger partial charge in [0.25, 0.3) is 0 Å². The molecule has 0 saturated carbocycles. The highest BCUT2D eigenvalue weighted by molar-refractivity contribution is 6.74. The Kier molecular flexibility index (Phi) is 5.83. The highest BCUT2D eigenvalue weighted by Gasteiger charge is 2.02. The van der Waals surface area contributed by atoms with Crippen molar-refractivity contribution in [2.45, 2.75) is 0 Å². The van der Waals surface area contributed by atoms with E-state index in [1.54, 1.807) is 0 Å². The van der Waals surface area contributed by atoms with Crippen LogP contribution in [0.5, 0.6) is 0 Å². The maximum atomic E-state index is 5.44. The van der Waals surface area contributed by atoms with Gasteiger partial charge in [-0.1, -0.05) is 0 Å². The highest BCUT2D eigenvalue weighted by atomic mass is 35.5. The second-order valence-corrected chi connectivity index (χ2v) is 5.34. The number of halogens is 2. The molecule has 0 aromatic heterocycles. The number of alkyl halides is 2. The van der Waals surface area contributed by atoms with Crippen molar-refractivity contribution >= 4 is 42.6 Å². The van der Waals surface area contributed by atoms with Crippen molar-refractivity contribution < 1.29 is 0 Å². The highest BCUT2D eigenvalue weighted by Crippen LogP contribution is 1.83. The molecule has 40 valence electrons. The minimum atomic E-state index is -0.668. The molecule has 0 aliphatic carbocycles. The van der Waals surface area contributed by atoms with E-state index in [-0.39, 0.29) is 0 Å². The third kappa shape index (κ3) is 3.55. The molecule has 0 heterocycles. The normalized spacial score (nSPS) is 10.3. The summed E-state index contributed by atoms with van der Waals surface area (Å²) in [4.78, 5) is 0. The van der Waals surface area contributed by atoms with Crippen LogP contribution in [0, 0.1) is 0 Å². The molecule has 0 spiro atoms. The molecule has 0 aromatic carbocycles. The predicted octanol–water partition coefficient (Wildman–Crippen LogP) is 0.207. The third-order valence-corrected chi connectivity index (χ3v) is 4.49. The Labute approximate surface area is 58.6 Å². The molecule has 7 heavy (non-hydrogen) atoms. The molecule has 0 saturated heterocycles. The maximum absolute atomic E-state index is 5.44. The topological polar surface area (TPSA) is 12.0 Å². The van der Waals surface area contributed by atoms with Crippen LogP contribution in [0.25, 0.3) is 0 Å². The summed E-state index contributed by atoms with van der Waals surface area (Å²) >= 11 is 10.9. The van der Waals surface area contributed by atoms with E-state index in [2.05, 4.69) is 15.1 Å². The molecule has 0 aliphatic rings. The number of nitrogens with one attached hydrogen (secondary N) is 1. The van der Waals surface area contributed by atoms with Crippen LogP contribution in [0.4, 0.5) is 0 Å². The predicted molar refractivity (Wildman–Crippen MR) is 36.1 cm³/mol. The largest absolute Gasteiger partial charge is 0.362 e. The molecular weight excluding hydrogens is 165 g/mol. The fraction of sp³-hybridized carbons (Fsp3) is 1.00. The SMILES string of the molecule is [Si]N[Si](CCl)CCl. The number of rotatable bonds is 3. The zero-order chi connectivity index (χ0) is 5.70. The summed E-state index contributed by atoms with van der Waals surface area (Å²) in [5, 5.41) is 0. The second kappa shape index (κ2) is 5.12. The van der Waals surface area contributed by atoms with Crippen molar-refractivity contribution in [3.05, 3.63) is 0 Å². The van der Waals surface area contributed by atoms with Gasteiger partial charge in [-0.3, -0.25) is 0 Å². The van der Waals surface area contributed by atoms with Crippen molar-refractivity contribution in [2.75, 3.05) is 11.0 Å². The van der Waals surface area contributed by atoms with E-state index in [0.29, 0.717) is 11.0 Å². The molecule has 5 heteroatoms. The van der Waals surface area contributed by atoms with E-state index in [9.17, 15) is 0 Å². The van der Waals surface area contributed by atoms with Crippen molar-refractivity contribution in [1.82, 2.24) is 4.65 Å². The van der Waals surface area contributed by atoms with Crippen LogP contribution in [0.1, 0.15) is 0 Å². The molecular formula is C2H5Cl2NSi2. The molecule has 4 radical (unpaired) electrons. The van der Waals surface area contributed by atoms with E-state index < -0.39 is 8.96 Å². The fourth-order valence-corrected chi connectivity index (χ4v) is 2.77. The smallest absolute Gasteiger partial charge is 0.157 e. The summed E-state index contributed by atoms with van der Waals surface area (Å²) in [6, 6.07) is 0. The Morgan fingerprint density at radius 1 is 1.43 bits per heavy atom. The lowest BCUT2D eigenvalue weighted by Gasteiger charge is -2.01. The summed E-state index contributed by atoms with van der Waals surface area (Å²) in [6.07, 6.45) is 0. The minimum absolute atomic E-state index is 0.637. The zero-order valence-corrected chi connectivity index (χ0v) is 7.18. The average Bonchev–Trinajstić information content (AvgIpc) is 1.72. The lowest BCUT2D eigenvalue weighted by Crippen LogP contribution is -2.35. The Bertz CT molecular complexity index is 35.2. The van der Waals surface area contributed by atoms with Gasteiger partial charge in [-0.15, -0.1) is 23.2 Å². The molecule has 1 N–H and O–H groups in total. The monoisotopic (exact) mass is 169 g/mol. The average molecular weight is 170 g/mol. The Morgan fingerprint density at radius 2 is 1.86 bits per heavy atom.